The van der Waals surface area contributed by atoms with Gasteiger partial charge in [0.05, 0.1) is 6.04 Å². The minimum atomic E-state index is -0.213. The van der Waals surface area contributed by atoms with Crippen LogP contribution in [0.5, 0.6) is 0 Å². The van der Waals surface area contributed by atoms with E-state index in [1.54, 1.807) is 22.7 Å². The fraction of sp³-hybridized carbons (Fsp3) is 0.211. The van der Waals surface area contributed by atoms with Gasteiger partial charge in [-0.15, -0.1) is 22.0 Å². The van der Waals surface area contributed by atoms with Crippen LogP contribution in [-0.2, 0) is 12.8 Å². The lowest BCUT2D eigenvalue weighted by Crippen LogP contribution is -2.28. The molecule has 3 rings (SSSR count). The number of hydrogen-bond donors (Lipinski definition) is 1. The number of carbonyl (C=O) groups is 1. The molecule has 0 spiro atoms. The van der Waals surface area contributed by atoms with Crippen LogP contribution in [0.1, 0.15) is 34.7 Å². The predicted octanol–water partition coefficient (Wildman–Crippen LogP) is 4.25. The van der Waals surface area contributed by atoms with Gasteiger partial charge in [0.25, 0.3) is 5.91 Å². The zero-order valence-corrected chi connectivity index (χ0v) is 16.1. The third-order valence-electron chi connectivity index (χ3n) is 3.92. The van der Waals surface area contributed by atoms with Crippen molar-refractivity contribution in [3.63, 3.8) is 0 Å². The van der Waals surface area contributed by atoms with Crippen LogP contribution in [0.3, 0.4) is 0 Å². The lowest BCUT2D eigenvalue weighted by atomic mass is 10.1. The number of rotatable bonds is 6. The molecule has 0 aliphatic carbocycles. The lowest BCUT2D eigenvalue weighted by Gasteiger charge is -2.13. The number of carbonyl (C=O) groups excluding carboxylic acids is 1. The number of nitrogens with one attached hydrogen (secondary N) is 1. The average molecular weight is 387 g/mol. The number of benzene rings is 2. The van der Waals surface area contributed by atoms with E-state index in [1.807, 2.05) is 62.5 Å². The zero-order chi connectivity index (χ0) is 18.5. The largest absolute Gasteiger partial charge is 0.342 e. The van der Waals surface area contributed by atoms with Gasteiger partial charge in [0.1, 0.15) is 6.33 Å². The first-order chi connectivity index (χ1) is 12.5. The molecule has 0 aliphatic heterocycles. The molecule has 0 saturated carbocycles. The van der Waals surface area contributed by atoms with Gasteiger partial charge < -0.3 is 9.88 Å². The summed E-state index contributed by atoms with van der Waals surface area (Å²) in [5.74, 6) is 1.42. The minimum Gasteiger partial charge on any atom is -0.342 e. The van der Waals surface area contributed by atoms with Crippen LogP contribution in [0.4, 0.5) is 0 Å². The van der Waals surface area contributed by atoms with Gasteiger partial charge in [-0.05, 0) is 48.9 Å². The van der Waals surface area contributed by atoms with E-state index in [4.69, 9.17) is 11.6 Å². The van der Waals surface area contributed by atoms with Crippen molar-refractivity contribution in [3.05, 3.63) is 76.8 Å². The second kappa shape index (κ2) is 8.38. The molecular weight excluding hydrogens is 368 g/mol. The minimum absolute atomic E-state index is 0.127. The number of halogens is 1. The third-order valence-corrected chi connectivity index (χ3v) is 5.25. The maximum Gasteiger partial charge on any atom is 0.251 e. The summed E-state index contributed by atoms with van der Waals surface area (Å²) in [7, 11) is 1.85. The summed E-state index contributed by atoms with van der Waals surface area (Å²) in [6.45, 7) is 1.89. The number of thioether (sulfide) groups is 1. The van der Waals surface area contributed by atoms with Gasteiger partial charge in [-0.1, -0.05) is 23.7 Å². The highest BCUT2D eigenvalue weighted by atomic mass is 35.5. The van der Waals surface area contributed by atoms with Crippen molar-refractivity contribution in [2.45, 2.75) is 23.6 Å². The SMILES string of the molecule is C[C@H](NC(=O)c1ccc(CSc2ccc(Cl)cc2)cc1)c1nncn1C. The Labute approximate surface area is 161 Å². The Kier molecular flexibility index (Phi) is 5.96. The molecule has 134 valence electrons. The van der Waals surface area contributed by atoms with Crippen molar-refractivity contribution in [2.75, 3.05) is 0 Å². The van der Waals surface area contributed by atoms with Gasteiger partial charge in [0.15, 0.2) is 5.82 Å². The van der Waals surface area contributed by atoms with Gasteiger partial charge in [-0.3, -0.25) is 4.79 Å². The van der Waals surface area contributed by atoms with Gasteiger partial charge in [-0.25, -0.2) is 0 Å². The molecule has 1 amide bonds. The Bertz CT molecular complexity index is 877. The molecule has 1 aromatic heterocycles. The third kappa shape index (κ3) is 4.65. The first kappa shape index (κ1) is 18.5. The van der Waals surface area contributed by atoms with Crippen LogP contribution in [0.2, 0.25) is 5.02 Å². The molecule has 0 radical (unpaired) electrons. The quantitative estimate of drug-likeness (QED) is 0.643. The number of aryl methyl sites for hydroxylation is 1. The average Bonchev–Trinajstić information content (AvgIpc) is 3.08. The molecule has 5 nitrogen and oxygen atoms in total. The van der Waals surface area contributed by atoms with Crippen molar-refractivity contribution in [2.24, 2.45) is 7.05 Å². The van der Waals surface area contributed by atoms with E-state index in [2.05, 4.69) is 15.5 Å². The molecule has 26 heavy (non-hydrogen) atoms. The van der Waals surface area contributed by atoms with Crippen LogP contribution in [0, 0.1) is 0 Å². The maximum absolute atomic E-state index is 12.4. The Balaban J connectivity index is 1.57. The Morgan fingerprint density at radius 2 is 1.88 bits per heavy atom. The molecule has 1 N–H and O–H groups in total. The summed E-state index contributed by atoms with van der Waals surface area (Å²) < 4.78 is 1.79. The van der Waals surface area contributed by atoms with Gasteiger partial charge in [0, 0.05) is 28.3 Å². The van der Waals surface area contributed by atoms with E-state index in [1.165, 1.54) is 0 Å². The highest BCUT2D eigenvalue weighted by molar-refractivity contribution is 7.98. The lowest BCUT2D eigenvalue weighted by molar-refractivity contribution is 0.0938. The van der Waals surface area contributed by atoms with Crippen molar-refractivity contribution in [3.8, 4) is 0 Å². The fourth-order valence-electron chi connectivity index (χ4n) is 2.48. The molecule has 0 bridgehead atoms. The molecule has 1 heterocycles. The zero-order valence-electron chi connectivity index (χ0n) is 14.5. The molecule has 0 aliphatic rings. The van der Waals surface area contributed by atoms with Crippen LogP contribution in [0.15, 0.2) is 59.8 Å². The van der Waals surface area contributed by atoms with E-state index < -0.39 is 0 Å². The van der Waals surface area contributed by atoms with E-state index in [0.717, 1.165) is 21.2 Å². The van der Waals surface area contributed by atoms with Crippen molar-refractivity contribution >= 4 is 29.3 Å². The Morgan fingerprint density at radius 1 is 1.19 bits per heavy atom. The number of aromatic nitrogens is 3. The van der Waals surface area contributed by atoms with Crippen molar-refractivity contribution in [1.29, 1.82) is 0 Å². The first-order valence-corrected chi connectivity index (χ1v) is 9.51. The normalized spacial score (nSPS) is 12.0. The van der Waals surface area contributed by atoms with Crippen molar-refractivity contribution < 1.29 is 4.79 Å². The smallest absolute Gasteiger partial charge is 0.251 e. The first-order valence-electron chi connectivity index (χ1n) is 8.15. The summed E-state index contributed by atoms with van der Waals surface area (Å²) in [5.41, 5.74) is 1.78. The maximum atomic E-state index is 12.4. The van der Waals surface area contributed by atoms with E-state index in [0.29, 0.717) is 11.4 Å². The Morgan fingerprint density at radius 3 is 2.50 bits per heavy atom. The standard InChI is InChI=1S/C19H19ClN4OS/c1-13(18-23-21-12-24(18)2)22-19(25)15-5-3-14(4-6-15)11-26-17-9-7-16(20)8-10-17/h3-10,12-13H,11H2,1-2H3,(H,22,25)/t13-/m0/s1. The second-order valence-corrected chi connectivity index (χ2v) is 7.42. The fourth-order valence-corrected chi connectivity index (χ4v) is 3.46. The monoisotopic (exact) mass is 386 g/mol. The molecule has 0 saturated heterocycles. The molecule has 0 unspecified atom stereocenters. The van der Waals surface area contributed by atoms with E-state index >= 15 is 0 Å². The molecule has 0 fully saturated rings. The summed E-state index contributed by atoms with van der Waals surface area (Å²) in [6, 6.07) is 15.2. The number of nitrogens with zero attached hydrogens (tertiary/aromatic N) is 3. The summed E-state index contributed by atoms with van der Waals surface area (Å²) >= 11 is 7.63. The van der Waals surface area contributed by atoms with Crippen LogP contribution >= 0.6 is 23.4 Å². The van der Waals surface area contributed by atoms with Gasteiger partial charge in [0.2, 0.25) is 0 Å². The topological polar surface area (TPSA) is 59.8 Å². The molecular formula is C19H19ClN4OS. The van der Waals surface area contributed by atoms with E-state index in [9.17, 15) is 4.79 Å². The molecule has 2 aromatic carbocycles. The summed E-state index contributed by atoms with van der Waals surface area (Å²) in [4.78, 5) is 13.6. The molecule has 3 aromatic rings. The van der Waals surface area contributed by atoms with Crippen molar-refractivity contribution in [1.82, 2.24) is 20.1 Å². The molecule has 1 atom stereocenters. The second-order valence-electron chi connectivity index (χ2n) is 5.93. The number of hydrogen-bond acceptors (Lipinski definition) is 4. The van der Waals surface area contributed by atoms with Crippen LogP contribution < -0.4 is 5.32 Å². The van der Waals surface area contributed by atoms with Crippen LogP contribution in [0.25, 0.3) is 0 Å². The van der Waals surface area contributed by atoms with Gasteiger partial charge in [-0.2, -0.15) is 0 Å². The predicted molar refractivity (Wildman–Crippen MR) is 104 cm³/mol. The van der Waals surface area contributed by atoms with E-state index in [-0.39, 0.29) is 11.9 Å². The molecule has 7 heteroatoms. The van der Waals surface area contributed by atoms with Gasteiger partial charge >= 0.3 is 0 Å². The summed E-state index contributed by atoms with van der Waals surface area (Å²) in [5, 5.41) is 11.5. The van der Waals surface area contributed by atoms with Crippen LogP contribution in [-0.4, -0.2) is 20.7 Å². The highest BCUT2D eigenvalue weighted by Crippen LogP contribution is 2.24. The number of amides is 1. The highest BCUT2D eigenvalue weighted by Gasteiger charge is 2.15. The Hall–Kier alpha value is -2.31. The summed E-state index contributed by atoms with van der Waals surface area (Å²) in [6.07, 6.45) is 1.62.